The van der Waals surface area contributed by atoms with Crippen molar-refractivity contribution in [2.24, 2.45) is 0 Å². The van der Waals surface area contributed by atoms with E-state index in [0.29, 0.717) is 0 Å². The topological polar surface area (TPSA) is 130 Å². The van der Waals surface area contributed by atoms with Crippen LogP contribution in [0.2, 0.25) is 0 Å². The minimum Gasteiger partial charge on any atom is -0.430 e. The van der Waals surface area contributed by atoms with Gasteiger partial charge in [0.25, 0.3) is 0 Å². The maximum Gasteiger partial charge on any atom is 0.509 e. The molecule has 0 bridgehead atoms. The highest BCUT2D eigenvalue weighted by Crippen LogP contribution is 2.27. The summed E-state index contributed by atoms with van der Waals surface area (Å²) in [5, 5.41) is 19.5. The van der Waals surface area contributed by atoms with Crippen molar-refractivity contribution in [3.05, 3.63) is 25.3 Å². The second-order valence-corrected chi connectivity index (χ2v) is 4.82. The van der Waals surface area contributed by atoms with Crippen LogP contribution in [0.25, 0.3) is 0 Å². The molecule has 1 heterocycles. The molecule has 0 aliphatic carbocycles. The van der Waals surface area contributed by atoms with Gasteiger partial charge in [0.05, 0.1) is 6.61 Å². The van der Waals surface area contributed by atoms with Gasteiger partial charge in [0, 0.05) is 7.11 Å². The van der Waals surface area contributed by atoms with Crippen LogP contribution in [-0.4, -0.2) is 80.2 Å². The highest BCUT2D eigenvalue weighted by molar-refractivity contribution is 5.61. The van der Waals surface area contributed by atoms with E-state index in [-0.39, 0.29) is 13.2 Å². The molecular formula is C15H22O10. The number of hydrogen-bond acceptors (Lipinski definition) is 10. The van der Waals surface area contributed by atoms with Crippen LogP contribution in [0.15, 0.2) is 25.3 Å². The summed E-state index contributed by atoms with van der Waals surface area (Å²) in [5.74, 6) is 0. The Morgan fingerprint density at radius 2 is 1.60 bits per heavy atom. The quantitative estimate of drug-likeness (QED) is 0.454. The minimum atomic E-state index is -1.51. The van der Waals surface area contributed by atoms with Crippen molar-refractivity contribution in [3.8, 4) is 0 Å². The molecule has 0 aromatic rings. The number of ether oxygens (including phenoxy) is 6. The van der Waals surface area contributed by atoms with Crippen LogP contribution in [0.1, 0.15) is 0 Å². The largest absolute Gasteiger partial charge is 0.509 e. The Bertz CT molecular complexity index is 465. The Kier molecular flexibility index (Phi) is 8.92. The van der Waals surface area contributed by atoms with E-state index < -0.39 is 49.6 Å². The van der Waals surface area contributed by atoms with Crippen molar-refractivity contribution in [1.29, 1.82) is 0 Å². The zero-order chi connectivity index (χ0) is 18.8. The Hall–Kier alpha value is -2.14. The van der Waals surface area contributed by atoms with E-state index in [9.17, 15) is 19.8 Å². The maximum atomic E-state index is 11.7. The fourth-order valence-corrected chi connectivity index (χ4v) is 2.04. The lowest BCUT2D eigenvalue weighted by molar-refractivity contribution is -0.296. The molecule has 0 unspecified atom stereocenters. The number of aliphatic hydroxyl groups is 2. The van der Waals surface area contributed by atoms with E-state index >= 15 is 0 Å². The van der Waals surface area contributed by atoms with Crippen LogP contribution in [0.4, 0.5) is 9.59 Å². The highest BCUT2D eigenvalue weighted by atomic mass is 16.8. The van der Waals surface area contributed by atoms with Gasteiger partial charge in [-0.1, -0.05) is 25.3 Å². The van der Waals surface area contributed by atoms with Crippen LogP contribution in [0, 0.1) is 0 Å². The van der Waals surface area contributed by atoms with Gasteiger partial charge in [-0.2, -0.15) is 0 Å². The molecule has 2 N–H and O–H groups in total. The van der Waals surface area contributed by atoms with Gasteiger partial charge in [-0.15, -0.1) is 0 Å². The van der Waals surface area contributed by atoms with E-state index in [1.807, 2.05) is 0 Å². The summed E-state index contributed by atoms with van der Waals surface area (Å²) in [4.78, 5) is 23.4. The molecule has 25 heavy (non-hydrogen) atoms. The first kappa shape index (κ1) is 20.9. The average molecular weight is 362 g/mol. The van der Waals surface area contributed by atoms with Crippen molar-refractivity contribution in [1.82, 2.24) is 0 Å². The fraction of sp³-hybridized carbons (Fsp3) is 0.600. The zero-order valence-electron chi connectivity index (χ0n) is 13.7. The Labute approximate surface area is 144 Å². The molecule has 0 saturated carbocycles. The molecule has 0 spiro atoms. The van der Waals surface area contributed by atoms with Crippen molar-refractivity contribution in [3.63, 3.8) is 0 Å². The second-order valence-electron chi connectivity index (χ2n) is 4.82. The Morgan fingerprint density at radius 3 is 2.04 bits per heavy atom. The van der Waals surface area contributed by atoms with E-state index in [1.165, 1.54) is 19.3 Å². The summed E-state index contributed by atoms with van der Waals surface area (Å²) in [7, 11) is 1.25. The summed E-state index contributed by atoms with van der Waals surface area (Å²) in [6.07, 6.45) is -6.27. The third kappa shape index (κ3) is 6.02. The molecule has 0 aromatic carbocycles. The molecule has 5 atom stereocenters. The second kappa shape index (κ2) is 10.7. The van der Waals surface area contributed by atoms with Gasteiger partial charge in [-0.3, -0.25) is 0 Å². The first-order valence-corrected chi connectivity index (χ1v) is 7.34. The number of methoxy groups -OCH3 is 1. The molecule has 142 valence electrons. The normalized spacial score (nSPS) is 28.5. The molecule has 0 amide bonds. The number of carbonyl (C=O) groups is 2. The van der Waals surface area contributed by atoms with Crippen molar-refractivity contribution >= 4 is 12.3 Å². The third-order valence-corrected chi connectivity index (χ3v) is 3.13. The van der Waals surface area contributed by atoms with Gasteiger partial charge in [0.1, 0.15) is 25.4 Å². The van der Waals surface area contributed by atoms with Crippen LogP contribution in [0.5, 0.6) is 0 Å². The summed E-state index contributed by atoms with van der Waals surface area (Å²) in [6.45, 7) is 5.94. The molecule has 0 radical (unpaired) electrons. The van der Waals surface area contributed by atoms with Crippen molar-refractivity contribution < 1.29 is 48.2 Å². The van der Waals surface area contributed by atoms with Gasteiger partial charge in [0.2, 0.25) is 0 Å². The number of hydrogen-bond donors (Lipinski definition) is 2. The van der Waals surface area contributed by atoms with Crippen molar-refractivity contribution in [2.45, 2.75) is 30.7 Å². The molecule has 0 aromatic heterocycles. The molecule has 1 saturated heterocycles. The monoisotopic (exact) mass is 362 g/mol. The lowest BCUT2D eigenvalue weighted by Gasteiger charge is -2.41. The van der Waals surface area contributed by atoms with Crippen LogP contribution in [0.3, 0.4) is 0 Å². The molecule has 1 aliphatic heterocycles. The summed E-state index contributed by atoms with van der Waals surface area (Å²) in [5.41, 5.74) is 0. The van der Waals surface area contributed by atoms with Crippen LogP contribution >= 0.6 is 0 Å². The predicted octanol–water partition coefficient (Wildman–Crippen LogP) is 0.127. The van der Waals surface area contributed by atoms with E-state index in [4.69, 9.17) is 18.9 Å². The van der Waals surface area contributed by atoms with E-state index in [0.717, 1.165) is 0 Å². The predicted molar refractivity (Wildman–Crippen MR) is 81.6 cm³/mol. The average Bonchev–Trinajstić information content (AvgIpc) is 2.61. The van der Waals surface area contributed by atoms with Gasteiger partial charge < -0.3 is 38.6 Å². The minimum absolute atomic E-state index is 0.112. The standard InChI is InChI=1S/C15H22O10/c1-4-6-21-14(18)24-11-10(17)9(8-16)23-13(20-3)12(11)25-15(19)22-7-5-2/h4-5,9-13,16-17H,1-2,6-8H2,3H3/t9-,10-,11+,12-,13+/m1/s1. The third-order valence-electron chi connectivity index (χ3n) is 3.13. The van der Waals surface area contributed by atoms with Gasteiger partial charge >= 0.3 is 12.3 Å². The smallest absolute Gasteiger partial charge is 0.430 e. The fourth-order valence-electron chi connectivity index (χ4n) is 2.04. The summed E-state index contributed by atoms with van der Waals surface area (Å²) < 4.78 is 29.7. The lowest BCUT2D eigenvalue weighted by atomic mass is 9.99. The molecule has 1 rings (SSSR count). The zero-order valence-corrected chi connectivity index (χ0v) is 13.7. The molecule has 10 nitrogen and oxygen atoms in total. The Morgan fingerprint density at radius 1 is 1.08 bits per heavy atom. The van der Waals surface area contributed by atoms with Crippen LogP contribution < -0.4 is 0 Å². The highest BCUT2D eigenvalue weighted by Gasteiger charge is 2.50. The van der Waals surface area contributed by atoms with Gasteiger partial charge in [0.15, 0.2) is 18.5 Å². The first-order chi connectivity index (χ1) is 12.0. The Balaban J connectivity index is 2.92. The van der Waals surface area contributed by atoms with Gasteiger partial charge in [-0.25, -0.2) is 9.59 Å². The number of carbonyl (C=O) groups excluding carboxylic acids is 2. The first-order valence-electron chi connectivity index (χ1n) is 7.34. The SMILES string of the molecule is C=CCOC(=O)O[C@H]1[C@@H](OC)O[C@H](CO)[C@@H](O)[C@@H]1OC(=O)OCC=C. The lowest BCUT2D eigenvalue weighted by Crippen LogP contribution is -2.61. The number of rotatable bonds is 8. The molecule has 10 heteroatoms. The van der Waals surface area contributed by atoms with E-state index in [2.05, 4.69) is 22.6 Å². The van der Waals surface area contributed by atoms with Crippen LogP contribution in [-0.2, 0) is 28.4 Å². The molecular weight excluding hydrogens is 340 g/mol. The van der Waals surface area contributed by atoms with E-state index in [1.54, 1.807) is 0 Å². The summed E-state index contributed by atoms with van der Waals surface area (Å²) in [6, 6.07) is 0. The van der Waals surface area contributed by atoms with Gasteiger partial charge in [-0.05, 0) is 0 Å². The number of aliphatic hydroxyl groups excluding tert-OH is 2. The molecule has 1 aliphatic rings. The summed E-state index contributed by atoms with van der Waals surface area (Å²) >= 11 is 0. The van der Waals surface area contributed by atoms with Crippen molar-refractivity contribution in [2.75, 3.05) is 26.9 Å². The molecule has 1 fully saturated rings. The maximum absolute atomic E-state index is 11.7.